The number of unbranched alkanes of at least 4 members (excludes halogenated alkanes) is 1. The summed E-state index contributed by atoms with van der Waals surface area (Å²) in [5.41, 5.74) is -1.37. The molecule has 0 saturated carbocycles. The molecule has 0 radical (unpaired) electrons. The van der Waals surface area contributed by atoms with Gasteiger partial charge < -0.3 is 14.9 Å². The van der Waals surface area contributed by atoms with Crippen LogP contribution in [0.2, 0.25) is 0 Å². The summed E-state index contributed by atoms with van der Waals surface area (Å²) in [6.45, 7) is 7.99. The summed E-state index contributed by atoms with van der Waals surface area (Å²) in [4.78, 5) is 12.0. The normalized spacial score (nSPS) is 17.3. The molecule has 0 aliphatic heterocycles. The number of hydrogen-bond acceptors (Lipinski definition) is 4. The summed E-state index contributed by atoms with van der Waals surface area (Å²) in [6, 6.07) is 0. The van der Waals surface area contributed by atoms with Crippen molar-refractivity contribution in [2.75, 3.05) is 6.61 Å². The molecule has 0 rings (SSSR count). The lowest BCUT2D eigenvalue weighted by atomic mass is 9.93. The first-order valence-corrected chi connectivity index (χ1v) is 8.02. The van der Waals surface area contributed by atoms with Gasteiger partial charge in [-0.1, -0.05) is 47.0 Å². The van der Waals surface area contributed by atoms with Crippen molar-refractivity contribution in [2.45, 2.75) is 84.3 Å². The van der Waals surface area contributed by atoms with Crippen molar-refractivity contribution in [1.29, 1.82) is 0 Å². The lowest BCUT2D eigenvalue weighted by Crippen LogP contribution is -2.41. The summed E-state index contributed by atoms with van der Waals surface area (Å²) < 4.78 is 5.27. The summed E-state index contributed by atoms with van der Waals surface area (Å²) in [5, 5.41) is 20.3. The largest absolute Gasteiger partial charge is 0.463 e. The number of esters is 1. The van der Waals surface area contributed by atoms with Crippen LogP contribution in [0.15, 0.2) is 0 Å². The van der Waals surface area contributed by atoms with E-state index in [2.05, 4.69) is 0 Å². The van der Waals surface area contributed by atoms with Gasteiger partial charge in [0, 0.05) is 5.92 Å². The highest BCUT2D eigenvalue weighted by molar-refractivity contribution is 5.79. The van der Waals surface area contributed by atoms with Gasteiger partial charge >= 0.3 is 5.97 Å². The Morgan fingerprint density at radius 1 is 1.20 bits per heavy atom. The number of aliphatic hydroxyl groups is 2. The van der Waals surface area contributed by atoms with Crippen molar-refractivity contribution in [3.05, 3.63) is 0 Å². The lowest BCUT2D eigenvalue weighted by Gasteiger charge is -2.27. The fraction of sp³-hybridized carbons (Fsp3) is 0.938. The fourth-order valence-electron chi connectivity index (χ4n) is 2.24. The molecule has 120 valence electrons. The van der Waals surface area contributed by atoms with E-state index < -0.39 is 17.7 Å². The Morgan fingerprint density at radius 2 is 1.85 bits per heavy atom. The number of carbonyl (C=O) groups is 1. The summed E-state index contributed by atoms with van der Waals surface area (Å²) in [7, 11) is 0. The Kier molecular flexibility index (Phi) is 9.86. The van der Waals surface area contributed by atoms with Gasteiger partial charge in [0.25, 0.3) is 0 Å². The van der Waals surface area contributed by atoms with Gasteiger partial charge in [-0.05, 0) is 25.7 Å². The van der Waals surface area contributed by atoms with E-state index in [1.165, 1.54) is 0 Å². The van der Waals surface area contributed by atoms with Gasteiger partial charge in [-0.25, -0.2) is 4.79 Å². The van der Waals surface area contributed by atoms with Gasteiger partial charge in [-0.2, -0.15) is 0 Å². The minimum atomic E-state index is -1.37. The maximum Gasteiger partial charge on any atom is 0.338 e. The first-order valence-electron chi connectivity index (χ1n) is 8.02. The molecule has 20 heavy (non-hydrogen) atoms. The summed E-state index contributed by atoms with van der Waals surface area (Å²) in [6.07, 6.45) is 4.46. The Labute approximate surface area is 123 Å². The van der Waals surface area contributed by atoms with Crippen LogP contribution in [0, 0.1) is 5.92 Å². The zero-order chi connectivity index (χ0) is 15.6. The number of aliphatic hydroxyl groups excluding tert-OH is 1. The first kappa shape index (κ1) is 19.4. The highest BCUT2D eigenvalue weighted by atomic mass is 16.5. The van der Waals surface area contributed by atoms with Crippen LogP contribution in [0.1, 0.15) is 72.6 Å². The highest BCUT2D eigenvalue weighted by Crippen LogP contribution is 2.22. The quantitative estimate of drug-likeness (QED) is 0.573. The van der Waals surface area contributed by atoms with E-state index in [9.17, 15) is 15.0 Å². The van der Waals surface area contributed by atoms with Gasteiger partial charge in [-0.3, -0.25) is 0 Å². The number of rotatable bonds is 11. The molecule has 0 heterocycles. The lowest BCUT2D eigenvalue weighted by molar-refractivity contribution is -0.169. The second-order valence-corrected chi connectivity index (χ2v) is 5.61. The van der Waals surface area contributed by atoms with E-state index in [0.717, 1.165) is 25.7 Å². The fourth-order valence-corrected chi connectivity index (χ4v) is 2.24. The average Bonchev–Trinajstić information content (AvgIpc) is 2.45. The molecule has 0 aromatic rings. The molecule has 0 fully saturated rings. The molecule has 0 aliphatic rings. The average molecular weight is 288 g/mol. The van der Waals surface area contributed by atoms with Gasteiger partial charge in [0.1, 0.15) is 0 Å². The molecule has 3 atom stereocenters. The van der Waals surface area contributed by atoms with Crippen LogP contribution in [-0.4, -0.2) is 34.5 Å². The number of hydrogen-bond donors (Lipinski definition) is 2. The predicted octanol–water partition coefficient (Wildman–Crippen LogP) is 3.05. The Hall–Kier alpha value is -0.610. The van der Waals surface area contributed by atoms with E-state index in [-0.39, 0.29) is 12.5 Å². The molecule has 0 aliphatic carbocycles. The third-order valence-electron chi connectivity index (χ3n) is 3.99. The molecular formula is C16H32O4. The molecule has 0 aromatic heterocycles. The third kappa shape index (κ3) is 6.23. The first-order chi connectivity index (χ1) is 9.45. The van der Waals surface area contributed by atoms with Crippen LogP contribution in [0.3, 0.4) is 0 Å². The van der Waals surface area contributed by atoms with Gasteiger partial charge in [0.05, 0.1) is 12.7 Å². The van der Waals surface area contributed by atoms with E-state index in [1.54, 1.807) is 6.92 Å². The Balaban J connectivity index is 4.42. The van der Waals surface area contributed by atoms with E-state index >= 15 is 0 Å². The second kappa shape index (κ2) is 10.2. The molecule has 0 amide bonds. The zero-order valence-corrected chi connectivity index (χ0v) is 13.5. The highest BCUT2D eigenvalue weighted by Gasteiger charge is 2.35. The maximum absolute atomic E-state index is 12.0. The number of carbonyl (C=O) groups excluding carboxylic acids is 1. The van der Waals surface area contributed by atoms with Crippen molar-refractivity contribution < 1.29 is 19.7 Å². The molecule has 0 aromatic carbocycles. The minimum absolute atomic E-state index is 0.0498. The van der Waals surface area contributed by atoms with Crippen molar-refractivity contribution in [3.63, 3.8) is 0 Å². The van der Waals surface area contributed by atoms with Crippen LogP contribution in [0.4, 0.5) is 0 Å². The standard InChI is InChI=1S/C16H32O4/c1-5-9-11-16(19,8-4)15(18)20-12-13(7-3)14(17)10-6-2/h13-14,17,19H,5-12H2,1-4H3. The predicted molar refractivity (Wildman–Crippen MR) is 80.4 cm³/mol. The van der Waals surface area contributed by atoms with Crippen LogP contribution in [0.25, 0.3) is 0 Å². The van der Waals surface area contributed by atoms with Gasteiger partial charge in [-0.15, -0.1) is 0 Å². The van der Waals surface area contributed by atoms with E-state index in [1.807, 2.05) is 20.8 Å². The van der Waals surface area contributed by atoms with Crippen LogP contribution < -0.4 is 0 Å². The van der Waals surface area contributed by atoms with E-state index in [4.69, 9.17) is 4.74 Å². The molecule has 2 N–H and O–H groups in total. The van der Waals surface area contributed by atoms with Crippen molar-refractivity contribution in [3.8, 4) is 0 Å². The van der Waals surface area contributed by atoms with Crippen LogP contribution in [0.5, 0.6) is 0 Å². The van der Waals surface area contributed by atoms with Crippen molar-refractivity contribution >= 4 is 5.97 Å². The van der Waals surface area contributed by atoms with Gasteiger partial charge in [0.15, 0.2) is 5.60 Å². The second-order valence-electron chi connectivity index (χ2n) is 5.61. The van der Waals surface area contributed by atoms with Crippen molar-refractivity contribution in [2.24, 2.45) is 5.92 Å². The minimum Gasteiger partial charge on any atom is -0.463 e. The smallest absolute Gasteiger partial charge is 0.338 e. The summed E-state index contributed by atoms with van der Waals surface area (Å²) >= 11 is 0. The Bertz CT molecular complexity index is 267. The molecule has 4 heteroatoms. The topological polar surface area (TPSA) is 66.8 Å². The van der Waals surface area contributed by atoms with E-state index in [0.29, 0.717) is 19.3 Å². The third-order valence-corrected chi connectivity index (χ3v) is 3.99. The molecule has 4 nitrogen and oxygen atoms in total. The zero-order valence-electron chi connectivity index (χ0n) is 13.5. The maximum atomic E-state index is 12.0. The molecular weight excluding hydrogens is 256 g/mol. The van der Waals surface area contributed by atoms with Crippen LogP contribution in [-0.2, 0) is 9.53 Å². The van der Waals surface area contributed by atoms with Crippen molar-refractivity contribution in [1.82, 2.24) is 0 Å². The molecule has 0 spiro atoms. The van der Waals surface area contributed by atoms with Crippen LogP contribution >= 0.6 is 0 Å². The number of ether oxygens (including phenoxy) is 1. The Morgan fingerprint density at radius 3 is 2.30 bits per heavy atom. The summed E-state index contributed by atoms with van der Waals surface area (Å²) in [5.74, 6) is -0.596. The monoisotopic (exact) mass is 288 g/mol. The van der Waals surface area contributed by atoms with Gasteiger partial charge in [0.2, 0.25) is 0 Å². The molecule has 0 saturated heterocycles. The molecule has 0 bridgehead atoms. The SMILES string of the molecule is CCCCC(O)(CC)C(=O)OCC(CC)C(O)CCC. The molecule has 3 unspecified atom stereocenters.